The number of hydrogen-bond donors (Lipinski definition) is 2. The first kappa shape index (κ1) is 37.8. The van der Waals surface area contributed by atoms with Gasteiger partial charge in [0.05, 0.1) is 18.6 Å². The summed E-state index contributed by atoms with van der Waals surface area (Å²) >= 11 is 0. The number of ether oxygens (including phenoxy) is 6. The normalized spacial score (nSPS) is 38.5. The molecule has 4 fully saturated rings. The lowest BCUT2D eigenvalue weighted by molar-refractivity contribution is -0.302. The molecule has 4 bridgehead atoms. The van der Waals surface area contributed by atoms with Crippen LogP contribution in [0.15, 0.2) is 48.6 Å². The zero-order chi connectivity index (χ0) is 37.7. The Morgan fingerprint density at radius 1 is 0.902 bits per heavy atom. The summed E-state index contributed by atoms with van der Waals surface area (Å²) in [4.78, 5) is 79.0. The van der Waals surface area contributed by atoms with E-state index in [0.717, 1.165) is 27.7 Å². The molecule has 2 N–H and O–H groups in total. The second kappa shape index (κ2) is 13.6. The number of aliphatic hydroxyl groups is 2. The highest BCUT2D eigenvalue weighted by atomic mass is 16.6. The molecule has 0 amide bonds. The molecule has 0 spiro atoms. The predicted octanol–water partition coefficient (Wildman–Crippen LogP) is 2.02. The summed E-state index contributed by atoms with van der Waals surface area (Å²) in [6.07, 6.45) is -5.96. The largest absolute Gasteiger partial charge is 0.462 e. The highest BCUT2D eigenvalue weighted by Gasteiger charge is 2.83. The third kappa shape index (κ3) is 5.96. The number of rotatable bonds is 8. The van der Waals surface area contributed by atoms with E-state index in [0.29, 0.717) is 5.56 Å². The second-order valence-electron chi connectivity index (χ2n) is 14.2. The fourth-order valence-corrected chi connectivity index (χ4v) is 9.06. The van der Waals surface area contributed by atoms with E-state index >= 15 is 0 Å². The molecule has 0 radical (unpaired) electrons. The molecule has 5 rings (SSSR count). The molecule has 276 valence electrons. The van der Waals surface area contributed by atoms with Crippen LogP contribution in [-0.4, -0.2) is 101 Å². The molecule has 3 saturated carbocycles. The number of esters is 5. The fourth-order valence-electron chi connectivity index (χ4n) is 9.06. The number of carbonyl (C=O) groups excluding carboxylic acids is 6. The van der Waals surface area contributed by atoms with Crippen molar-refractivity contribution in [3.8, 4) is 0 Å². The van der Waals surface area contributed by atoms with Crippen molar-refractivity contribution in [1.29, 1.82) is 0 Å². The van der Waals surface area contributed by atoms with Crippen LogP contribution in [0.4, 0.5) is 0 Å². The number of Topliss-reactive ketones (excluding diaryl/α,β-unsaturated/α-hetero) is 1. The Balaban J connectivity index is 1.79. The van der Waals surface area contributed by atoms with E-state index in [1.54, 1.807) is 31.2 Å². The van der Waals surface area contributed by atoms with Crippen LogP contribution < -0.4 is 0 Å². The summed E-state index contributed by atoms with van der Waals surface area (Å²) < 4.78 is 35.6. The van der Waals surface area contributed by atoms with Gasteiger partial charge in [0.25, 0.3) is 0 Å². The summed E-state index contributed by atoms with van der Waals surface area (Å²) in [5.41, 5.74) is -7.37. The third-order valence-corrected chi connectivity index (χ3v) is 11.3. The van der Waals surface area contributed by atoms with Crippen molar-refractivity contribution in [3.63, 3.8) is 0 Å². The lowest BCUT2D eigenvalue weighted by Gasteiger charge is -2.65. The monoisotopic (exact) mass is 712 g/mol. The van der Waals surface area contributed by atoms with Gasteiger partial charge in [0.2, 0.25) is 0 Å². The molecule has 4 aliphatic rings. The van der Waals surface area contributed by atoms with Crippen LogP contribution >= 0.6 is 0 Å². The maximum absolute atomic E-state index is 14.1. The van der Waals surface area contributed by atoms with Crippen molar-refractivity contribution < 1.29 is 67.4 Å². The smallest absolute Gasteiger partial charge is 0.331 e. The molecule has 51 heavy (non-hydrogen) atoms. The Morgan fingerprint density at radius 2 is 1.49 bits per heavy atom. The van der Waals surface area contributed by atoms with Gasteiger partial charge >= 0.3 is 29.8 Å². The third-order valence-electron chi connectivity index (χ3n) is 11.3. The topological polar surface area (TPSA) is 198 Å². The number of fused-ring (bicyclic) bond motifs is 1. The average Bonchev–Trinajstić information content (AvgIpc) is 3.19. The number of aliphatic hydroxyl groups excluding tert-OH is 1. The van der Waals surface area contributed by atoms with E-state index in [1.807, 2.05) is 6.07 Å². The van der Waals surface area contributed by atoms with Crippen LogP contribution in [-0.2, 0) is 57.2 Å². The van der Waals surface area contributed by atoms with E-state index in [1.165, 1.54) is 19.1 Å². The van der Waals surface area contributed by atoms with Crippen molar-refractivity contribution in [1.82, 2.24) is 0 Å². The molecule has 0 unspecified atom stereocenters. The molecule has 14 heteroatoms. The summed E-state index contributed by atoms with van der Waals surface area (Å²) in [6.45, 7) is 10.2. The quantitative estimate of drug-likeness (QED) is 0.172. The Labute approximate surface area is 295 Å². The average molecular weight is 713 g/mol. The Morgan fingerprint density at radius 3 is 2.06 bits per heavy atom. The van der Waals surface area contributed by atoms with E-state index in [2.05, 4.69) is 6.58 Å². The van der Waals surface area contributed by atoms with Crippen molar-refractivity contribution in [3.05, 3.63) is 54.1 Å². The number of ketones is 1. The van der Waals surface area contributed by atoms with Crippen molar-refractivity contribution in [2.24, 2.45) is 22.7 Å². The van der Waals surface area contributed by atoms with Gasteiger partial charge in [0.15, 0.2) is 23.6 Å². The molecule has 0 aromatic heterocycles. The Kier molecular flexibility index (Phi) is 10.1. The summed E-state index contributed by atoms with van der Waals surface area (Å²) in [7, 11) is 0. The predicted molar refractivity (Wildman–Crippen MR) is 175 cm³/mol. The van der Waals surface area contributed by atoms with Crippen LogP contribution in [0.5, 0.6) is 0 Å². The van der Waals surface area contributed by atoms with E-state index < -0.39 is 107 Å². The SMILES string of the molecule is C=C1[C@@H](OC(=O)/C=C\c2ccccc2)C[C@H](OC(C)=O)[C@@]2(CO)[C@@H](OC(C)=O)[C@H](OC(C)=O)[C@]3(O)[C@@]4(C)CO[C@]3(C)C(=O)C[C@H]4[C@@H](OC(C)=O)[C@H]12. The summed E-state index contributed by atoms with van der Waals surface area (Å²) in [6, 6.07) is 8.93. The van der Waals surface area contributed by atoms with Gasteiger partial charge in [-0.1, -0.05) is 43.8 Å². The second-order valence-corrected chi connectivity index (χ2v) is 14.2. The first-order valence-electron chi connectivity index (χ1n) is 16.7. The molecule has 3 aliphatic carbocycles. The van der Waals surface area contributed by atoms with Crippen molar-refractivity contribution >= 4 is 41.7 Å². The minimum absolute atomic E-state index is 0.0626. The fraction of sp³-hybridized carbons (Fsp3) is 0.568. The minimum Gasteiger partial charge on any atom is -0.462 e. The lowest BCUT2D eigenvalue weighted by Crippen LogP contribution is -2.81. The van der Waals surface area contributed by atoms with Gasteiger partial charge in [0, 0.05) is 63.9 Å². The van der Waals surface area contributed by atoms with Crippen molar-refractivity contribution in [2.75, 3.05) is 13.2 Å². The molecule has 1 heterocycles. The van der Waals surface area contributed by atoms with Gasteiger partial charge in [-0.15, -0.1) is 0 Å². The molecular formula is C37H44O14. The lowest BCUT2D eigenvalue weighted by atomic mass is 9.43. The van der Waals surface area contributed by atoms with Crippen LogP contribution in [0, 0.1) is 22.7 Å². The van der Waals surface area contributed by atoms with Gasteiger partial charge in [-0.2, -0.15) is 0 Å². The van der Waals surface area contributed by atoms with Crippen LogP contribution in [0.1, 0.15) is 59.9 Å². The van der Waals surface area contributed by atoms with Gasteiger partial charge in [-0.05, 0) is 24.1 Å². The van der Waals surface area contributed by atoms with E-state index in [-0.39, 0.29) is 25.0 Å². The molecule has 1 aliphatic heterocycles. The zero-order valence-corrected chi connectivity index (χ0v) is 29.4. The molecular weight excluding hydrogens is 668 g/mol. The Hall–Kier alpha value is -4.40. The molecule has 11 atom stereocenters. The number of carbonyl (C=O) groups is 6. The maximum Gasteiger partial charge on any atom is 0.331 e. The van der Waals surface area contributed by atoms with Crippen LogP contribution in [0.2, 0.25) is 0 Å². The Bertz CT molecular complexity index is 1650. The molecule has 14 nitrogen and oxygen atoms in total. The first-order valence-corrected chi connectivity index (χ1v) is 16.7. The number of benzene rings is 1. The summed E-state index contributed by atoms with van der Waals surface area (Å²) in [5.74, 6) is -7.50. The van der Waals surface area contributed by atoms with Gasteiger partial charge < -0.3 is 38.6 Å². The zero-order valence-electron chi connectivity index (χ0n) is 29.4. The van der Waals surface area contributed by atoms with E-state index in [9.17, 15) is 39.0 Å². The highest BCUT2D eigenvalue weighted by Crippen LogP contribution is 2.67. The molecule has 1 saturated heterocycles. The van der Waals surface area contributed by atoms with Crippen LogP contribution in [0.3, 0.4) is 0 Å². The first-order chi connectivity index (χ1) is 23.9. The summed E-state index contributed by atoms with van der Waals surface area (Å²) in [5, 5.41) is 24.7. The molecule has 1 aromatic carbocycles. The van der Waals surface area contributed by atoms with E-state index in [4.69, 9.17) is 28.4 Å². The molecule has 1 aromatic rings. The van der Waals surface area contributed by atoms with Crippen LogP contribution in [0.25, 0.3) is 6.08 Å². The minimum atomic E-state index is -2.47. The van der Waals surface area contributed by atoms with Gasteiger partial charge in [0.1, 0.15) is 23.9 Å². The van der Waals surface area contributed by atoms with Gasteiger partial charge in [-0.25, -0.2) is 4.79 Å². The number of hydrogen-bond acceptors (Lipinski definition) is 14. The van der Waals surface area contributed by atoms with Gasteiger partial charge in [-0.3, -0.25) is 24.0 Å². The maximum atomic E-state index is 14.1. The highest BCUT2D eigenvalue weighted by molar-refractivity contribution is 5.91. The van der Waals surface area contributed by atoms with Crippen molar-refractivity contribution in [2.45, 2.75) is 96.1 Å². The standard InChI is InChI=1S/C37H44O14/c1-19-26(51-29(44)14-13-24-11-9-8-10-12-24)16-28(47-20(2)39)36(17-38)30(19)31(48-21(3)40)25-15-27(43)35(7)37(45,34(25,6)18-46-35)33(50-23(5)42)32(36)49-22(4)41/h8-14,25-26,28,30-33,38,45H,1,15-18H2,2-7H3/b14-13-/t25-,26-,28-,30-,31+,32-,33-,34-,35+,36+,37-/m0/s1.